The highest BCUT2D eigenvalue weighted by atomic mass is 16.7. The lowest BCUT2D eigenvalue weighted by Gasteiger charge is -2.37. The summed E-state index contributed by atoms with van der Waals surface area (Å²) in [5.74, 6) is 2.90. The Morgan fingerprint density at radius 2 is 1.79 bits per heavy atom. The van der Waals surface area contributed by atoms with Gasteiger partial charge in [-0.3, -0.25) is 10.1 Å². The van der Waals surface area contributed by atoms with Gasteiger partial charge in [-0.05, 0) is 35.9 Å². The second-order valence-corrected chi connectivity index (χ2v) is 9.45. The Labute approximate surface area is 215 Å². The number of H-pyrrole nitrogens is 2. The number of para-hydroxylation sites is 1. The molecule has 0 radical (unpaired) electrons. The summed E-state index contributed by atoms with van der Waals surface area (Å²) in [6.07, 6.45) is 3.47. The number of pyridine rings is 1. The van der Waals surface area contributed by atoms with Gasteiger partial charge in [-0.15, -0.1) is 0 Å². The molecule has 186 valence electrons. The van der Waals surface area contributed by atoms with Gasteiger partial charge in [-0.25, -0.2) is 15.0 Å². The summed E-state index contributed by atoms with van der Waals surface area (Å²) in [7, 11) is 0. The van der Waals surface area contributed by atoms with Crippen LogP contribution in [-0.4, -0.2) is 61.0 Å². The second kappa shape index (κ2) is 7.98. The fraction of sp³-hybridized carbons (Fsp3) is 0.148. The number of nitrogens with one attached hydrogen (secondary N) is 2. The van der Waals surface area contributed by atoms with E-state index in [0.717, 1.165) is 58.1 Å². The zero-order chi connectivity index (χ0) is 25.2. The van der Waals surface area contributed by atoms with Crippen LogP contribution in [0.3, 0.4) is 0 Å². The van der Waals surface area contributed by atoms with Crippen LogP contribution in [0, 0.1) is 0 Å². The van der Waals surface area contributed by atoms with Gasteiger partial charge in [0.1, 0.15) is 17.0 Å². The van der Waals surface area contributed by atoms with E-state index in [1.807, 2.05) is 48.5 Å². The molecular formula is C27H21N9O2. The fourth-order valence-corrected chi connectivity index (χ4v) is 4.98. The van der Waals surface area contributed by atoms with Crippen molar-refractivity contribution in [1.29, 1.82) is 0 Å². The van der Waals surface area contributed by atoms with Crippen molar-refractivity contribution in [1.82, 2.24) is 35.1 Å². The molecule has 0 saturated carbocycles. The average molecular weight is 504 g/mol. The molecule has 6 aromatic rings. The maximum absolute atomic E-state index is 5.94. The minimum absolute atomic E-state index is 0.179. The molecule has 1 fully saturated rings. The standard InChI is InChI=1S/C27H21N9O2/c28-15-11-36(12-15)23-10-29-9-20(30-23)17-5-6-19-25(31-17)26(35-34-19)27-32-18-3-1-2-16(24(18)33-27)14-4-7-21-22(8-14)38-13-37-21/h1-10,15H,11-13,28H2,(H,32,33)(H,34,35). The molecule has 2 aliphatic rings. The van der Waals surface area contributed by atoms with E-state index in [9.17, 15) is 0 Å². The summed E-state index contributed by atoms with van der Waals surface area (Å²) < 4.78 is 11.0. The van der Waals surface area contributed by atoms with Crippen LogP contribution in [-0.2, 0) is 0 Å². The fourth-order valence-electron chi connectivity index (χ4n) is 4.98. The lowest BCUT2D eigenvalue weighted by atomic mass is 10.0. The molecule has 38 heavy (non-hydrogen) atoms. The Hall–Kier alpha value is -5.03. The Kier molecular flexibility index (Phi) is 4.43. The van der Waals surface area contributed by atoms with Gasteiger partial charge in [0.05, 0.1) is 34.6 Å². The quantitative estimate of drug-likeness (QED) is 0.329. The maximum Gasteiger partial charge on any atom is 0.231 e. The van der Waals surface area contributed by atoms with Gasteiger partial charge in [0.2, 0.25) is 6.79 Å². The largest absolute Gasteiger partial charge is 0.454 e. The van der Waals surface area contributed by atoms with Crippen molar-refractivity contribution >= 4 is 27.9 Å². The molecule has 1 saturated heterocycles. The van der Waals surface area contributed by atoms with Crippen molar-refractivity contribution in [3.63, 3.8) is 0 Å². The average Bonchev–Trinajstić information content (AvgIpc) is 3.68. The highest BCUT2D eigenvalue weighted by Gasteiger charge is 2.25. The molecule has 0 unspecified atom stereocenters. The predicted octanol–water partition coefficient (Wildman–Crippen LogP) is 3.50. The maximum atomic E-state index is 5.94. The highest BCUT2D eigenvalue weighted by molar-refractivity contribution is 5.96. The van der Waals surface area contributed by atoms with Crippen molar-refractivity contribution in [2.24, 2.45) is 5.73 Å². The van der Waals surface area contributed by atoms with Crippen LogP contribution in [0.25, 0.3) is 56.1 Å². The van der Waals surface area contributed by atoms with Crippen molar-refractivity contribution < 1.29 is 9.47 Å². The molecule has 4 aromatic heterocycles. The number of fused-ring (bicyclic) bond motifs is 3. The zero-order valence-electron chi connectivity index (χ0n) is 20.0. The third kappa shape index (κ3) is 3.29. The van der Waals surface area contributed by atoms with Crippen molar-refractivity contribution in [2.75, 3.05) is 24.8 Å². The Balaban J connectivity index is 1.20. The summed E-state index contributed by atoms with van der Waals surface area (Å²) in [4.78, 5) is 24.5. The van der Waals surface area contributed by atoms with Crippen LogP contribution >= 0.6 is 0 Å². The van der Waals surface area contributed by atoms with Crippen LogP contribution in [0.4, 0.5) is 5.82 Å². The van der Waals surface area contributed by atoms with Crippen LogP contribution in [0.2, 0.25) is 0 Å². The number of rotatable bonds is 4. The van der Waals surface area contributed by atoms with Gasteiger partial charge in [-0.1, -0.05) is 18.2 Å². The molecule has 0 aliphatic carbocycles. The van der Waals surface area contributed by atoms with E-state index in [0.29, 0.717) is 28.4 Å². The summed E-state index contributed by atoms with van der Waals surface area (Å²) in [6, 6.07) is 16.0. The van der Waals surface area contributed by atoms with E-state index in [1.54, 1.807) is 12.4 Å². The Morgan fingerprint density at radius 1 is 0.868 bits per heavy atom. The van der Waals surface area contributed by atoms with E-state index in [4.69, 9.17) is 30.2 Å². The number of hydrogen-bond donors (Lipinski definition) is 3. The zero-order valence-corrected chi connectivity index (χ0v) is 20.0. The van der Waals surface area contributed by atoms with E-state index >= 15 is 0 Å². The number of hydrogen-bond acceptors (Lipinski definition) is 9. The molecule has 0 atom stereocenters. The van der Waals surface area contributed by atoms with Crippen molar-refractivity contribution in [2.45, 2.75) is 6.04 Å². The molecule has 11 nitrogen and oxygen atoms in total. The predicted molar refractivity (Wildman–Crippen MR) is 142 cm³/mol. The topological polar surface area (TPSA) is 144 Å². The monoisotopic (exact) mass is 503 g/mol. The lowest BCUT2D eigenvalue weighted by Crippen LogP contribution is -2.56. The first-order chi connectivity index (χ1) is 18.7. The van der Waals surface area contributed by atoms with E-state index in [-0.39, 0.29) is 12.8 Å². The molecule has 4 N–H and O–H groups in total. The summed E-state index contributed by atoms with van der Waals surface area (Å²) in [5.41, 5.74) is 13.2. The normalized spacial score (nSPS) is 14.9. The number of nitrogens with two attached hydrogens (primary N) is 1. The number of nitrogens with zero attached hydrogens (tertiary/aromatic N) is 6. The van der Waals surface area contributed by atoms with Crippen LogP contribution in [0.1, 0.15) is 0 Å². The molecule has 2 aromatic carbocycles. The van der Waals surface area contributed by atoms with Crippen LogP contribution < -0.4 is 20.1 Å². The van der Waals surface area contributed by atoms with Gasteiger partial charge < -0.3 is 25.1 Å². The molecule has 0 bridgehead atoms. The first-order valence-electron chi connectivity index (χ1n) is 12.3. The first kappa shape index (κ1) is 21.1. The lowest BCUT2D eigenvalue weighted by molar-refractivity contribution is 0.174. The number of ether oxygens (including phenoxy) is 2. The van der Waals surface area contributed by atoms with Crippen molar-refractivity contribution in [3.05, 3.63) is 60.9 Å². The van der Waals surface area contributed by atoms with Gasteiger partial charge in [0.25, 0.3) is 0 Å². The minimum Gasteiger partial charge on any atom is -0.454 e. The summed E-state index contributed by atoms with van der Waals surface area (Å²) >= 11 is 0. The van der Waals surface area contributed by atoms with Gasteiger partial charge in [0, 0.05) is 24.7 Å². The first-order valence-corrected chi connectivity index (χ1v) is 12.3. The summed E-state index contributed by atoms with van der Waals surface area (Å²) in [6.45, 7) is 1.78. The second-order valence-electron chi connectivity index (χ2n) is 9.45. The third-order valence-corrected chi connectivity index (χ3v) is 6.95. The van der Waals surface area contributed by atoms with Gasteiger partial charge >= 0.3 is 0 Å². The number of aromatic nitrogens is 7. The molecule has 0 spiro atoms. The highest BCUT2D eigenvalue weighted by Crippen LogP contribution is 2.38. The van der Waals surface area contributed by atoms with Crippen molar-refractivity contribution in [3.8, 4) is 45.5 Å². The summed E-state index contributed by atoms with van der Waals surface area (Å²) in [5, 5.41) is 7.62. The van der Waals surface area contributed by atoms with Gasteiger partial charge in [-0.2, -0.15) is 5.10 Å². The van der Waals surface area contributed by atoms with Crippen LogP contribution in [0.5, 0.6) is 11.5 Å². The number of anilines is 1. The van der Waals surface area contributed by atoms with E-state index < -0.39 is 0 Å². The number of benzene rings is 2. The number of aromatic amines is 2. The van der Waals surface area contributed by atoms with Crippen LogP contribution in [0.15, 0.2) is 60.9 Å². The number of imidazole rings is 1. The smallest absolute Gasteiger partial charge is 0.231 e. The molecule has 0 amide bonds. The molecule has 2 aliphatic heterocycles. The SMILES string of the molecule is NC1CN(c2cncc(-c3ccc4[nH]nc(-c5nc6c(-c7ccc8c(c7)OCO8)cccc6[nH]5)c4n3)n2)C1. The molecule has 8 rings (SSSR count). The van der Waals surface area contributed by atoms with Gasteiger partial charge in [0.15, 0.2) is 23.0 Å². The third-order valence-electron chi connectivity index (χ3n) is 6.95. The Morgan fingerprint density at radius 3 is 2.71 bits per heavy atom. The molecule has 6 heterocycles. The Bertz CT molecular complexity index is 1850. The molecular weight excluding hydrogens is 482 g/mol. The molecule has 11 heteroatoms. The van der Waals surface area contributed by atoms with E-state index in [1.165, 1.54) is 0 Å². The van der Waals surface area contributed by atoms with E-state index in [2.05, 4.69) is 25.1 Å². The minimum atomic E-state index is 0.179.